The Kier molecular flexibility index (Phi) is 4.45. The van der Waals surface area contributed by atoms with Crippen molar-refractivity contribution in [2.45, 2.75) is 51.6 Å². The topological polar surface area (TPSA) is 49.5 Å². The second-order valence-electron chi connectivity index (χ2n) is 6.41. The zero-order chi connectivity index (χ0) is 12.4. The lowest BCUT2D eigenvalue weighted by atomic mass is 9.96. The molecule has 2 fully saturated rings. The Morgan fingerprint density at radius 3 is 1.88 bits per heavy atom. The summed E-state index contributed by atoms with van der Waals surface area (Å²) in [6, 6.07) is 0.258. The van der Waals surface area contributed by atoms with Gasteiger partial charge in [-0.3, -0.25) is 4.90 Å². The molecule has 2 rings (SSSR count). The molecule has 3 heteroatoms. The minimum atomic E-state index is 0.0949. The summed E-state index contributed by atoms with van der Waals surface area (Å²) in [4.78, 5) is 2.49. The second kappa shape index (κ2) is 5.68. The van der Waals surface area contributed by atoms with Crippen LogP contribution in [0, 0.1) is 17.8 Å². The van der Waals surface area contributed by atoms with Gasteiger partial charge in [0.15, 0.2) is 0 Å². The van der Waals surface area contributed by atoms with Gasteiger partial charge >= 0.3 is 0 Å². The van der Waals surface area contributed by atoms with Crippen molar-refractivity contribution >= 4 is 0 Å². The average molecular weight is 240 g/mol. The van der Waals surface area contributed by atoms with Crippen molar-refractivity contribution in [2.75, 3.05) is 19.7 Å². The van der Waals surface area contributed by atoms with Crippen molar-refractivity contribution < 1.29 is 5.11 Å². The van der Waals surface area contributed by atoms with Crippen molar-refractivity contribution in [3.8, 4) is 0 Å². The van der Waals surface area contributed by atoms with E-state index in [1.165, 1.54) is 25.7 Å². The lowest BCUT2D eigenvalue weighted by Crippen LogP contribution is -2.53. The first-order valence-electron chi connectivity index (χ1n) is 7.22. The normalized spacial score (nSPS) is 24.4. The zero-order valence-corrected chi connectivity index (χ0v) is 11.3. The average Bonchev–Trinajstić information content (AvgIpc) is 3.13. The van der Waals surface area contributed by atoms with Gasteiger partial charge in [0, 0.05) is 25.2 Å². The van der Waals surface area contributed by atoms with Crippen LogP contribution in [0.4, 0.5) is 0 Å². The predicted octanol–water partition coefficient (Wildman–Crippen LogP) is 1.45. The van der Waals surface area contributed by atoms with E-state index in [0.717, 1.165) is 24.9 Å². The van der Waals surface area contributed by atoms with Gasteiger partial charge in [0.2, 0.25) is 0 Å². The predicted molar refractivity (Wildman–Crippen MR) is 70.7 cm³/mol. The molecular formula is C14H28N2O. The molecule has 0 aromatic carbocycles. The Bertz CT molecular complexity index is 222. The first kappa shape index (κ1) is 13.3. The Morgan fingerprint density at radius 1 is 1.12 bits per heavy atom. The largest absolute Gasteiger partial charge is 0.395 e. The lowest BCUT2D eigenvalue weighted by molar-refractivity contribution is 0.0835. The number of nitrogens with two attached hydrogens (primary N) is 1. The van der Waals surface area contributed by atoms with E-state index in [9.17, 15) is 5.11 Å². The molecule has 0 amide bonds. The van der Waals surface area contributed by atoms with E-state index in [0.29, 0.717) is 5.92 Å². The van der Waals surface area contributed by atoms with Crippen LogP contribution in [-0.2, 0) is 0 Å². The number of hydrogen-bond acceptors (Lipinski definition) is 3. The Balaban J connectivity index is 1.93. The molecule has 2 atom stereocenters. The second-order valence-corrected chi connectivity index (χ2v) is 6.41. The van der Waals surface area contributed by atoms with Crippen molar-refractivity contribution in [1.29, 1.82) is 0 Å². The van der Waals surface area contributed by atoms with Crippen LogP contribution in [0.3, 0.4) is 0 Å². The van der Waals surface area contributed by atoms with Crippen LogP contribution >= 0.6 is 0 Å². The highest BCUT2D eigenvalue weighted by molar-refractivity contribution is 4.90. The molecule has 0 bridgehead atoms. The zero-order valence-electron chi connectivity index (χ0n) is 11.3. The van der Waals surface area contributed by atoms with Crippen LogP contribution < -0.4 is 5.73 Å². The molecule has 3 N–H and O–H groups in total. The first-order chi connectivity index (χ1) is 8.11. The summed E-state index contributed by atoms with van der Waals surface area (Å²) in [5.74, 6) is 2.19. The molecule has 17 heavy (non-hydrogen) atoms. The van der Waals surface area contributed by atoms with Crippen LogP contribution in [0.2, 0.25) is 0 Å². The number of rotatable bonds is 8. The summed E-state index contributed by atoms with van der Waals surface area (Å²) in [6.45, 7) is 6.82. The highest BCUT2D eigenvalue weighted by Crippen LogP contribution is 2.35. The molecular weight excluding hydrogens is 212 g/mol. The molecule has 0 radical (unpaired) electrons. The van der Waals surface area contributed by atoms with Crippen LogP contribution in [0.25, 0.3) is 0 Å². The van der Waals surface area contributed by atoms with Crippen molar-refractivity contribution in [3.63, 3.8) is 0 Å². The maximum absolute atomic E-state index is 9.66. The van der Waals surface area contributed by atoms with Crippen molar-refractivity contribution in [3.05, 3.63) is 0 Å². The van der Waals surface area contributed by atoms with E-state index in [1.54, 1.807) is 0 Å². The maximum Gasteiger partial charge on any atom is 0.0602 e. The third-order valence-corrected chi connectivity index (χ3v) is 4.25. The van der Waals surface area contributed by atoms with Gasteiger partial charge in [-0.1, -0.05) is 13.8 Å². The summed E-state index contributed by atoms with van der Waals surface area (Å²) >= 11 is 0. The molecule has 0 aromatic rings. The monoisotopic (exact) mass is 240 g/mol. The van der Waals surface area contributed by atoms with E-state index < -0.39 is 0 Å². The molecule has 100 valence electrons. The Morgan fingerprint density at radius 2 is 1.59 bits per heavy atom. The van der Waals surface area contributed by atoms with Crippen molar-refractivity contribution in [1.82, 2.24) is 4.90 Å². The number of aliphatic hydroxyl groups is 1. The van der Waals surface area contributed by atoms with E-state index in [4.69, 9.17) is 5.73 Å². The summed E-state index contributed by atoms with van der Waals surface area (Å²) in [5.41, 5.74) is 6.26. The molecule has 0 aromatic heterocycles. The molecule has 0 aliphatic heterocycles. The van der Waals surface area contributed by atoms with Gasteiger partial charge in [0.1, 0.15) is 0 Å². The van der Waals surface area contributed by atoms with E-state index >= 15 is 0 Å². The van der Waals surface area contributed by atoms with Crippen molar-refractivity contribution in [2.24, 2.45) is 23.5 Å². The molecule has 2 unspecified atom stereocenters. The van der Waals surface area contributed by atoms with Crippen LogP contribution in [0.5, 0.6) is 0 Å². The van der Waals surface area contributed by atoms with E-state index in [-0.39, 0.29) is 18.7 Å². The lowest BCUT2D eigenvalue weighted by Gasteiger charge is -2.36. The smallest absolute Gasteiger partial charge is 0.0602 e. The molecule has 0 saturated heterocycles. The SMILES string of the molecule is CC(C)C(N)C(CO)N(CC1CC1)CC1CC1. The summed E-state index contributed by atoms with van der Waals surface area (Å²) in [6.07, 6.45) is 5.49. The maximum atomic E-state index is 9.66. The third-order valence-electron chi connectivity index (χ3n) is 4.25. The fourth-order valence-electron chi connectivity index (χ4n) is 2.53. The van der Waals surface area contributed by atoms with Gasteiger partial charge in [0.05, 0.1) is 6.61 Å². The fourth-order valence-corrected chi connectivity index (χ4v) is 2.53. The van der Waals surface area contributed by atoms with E-state index in [1.807, 2.05) is 0 Å². The quantitative estimate of drug-likeness (QED) is 0.675. The summed E-state index contributed by atoms with van der Waals surface area (Å²) < 4.78 is 0. The standard InChI is InChI=1S/C14H28N2O/c1-10(2)14(15)13(9-17)16(7-11-3-4-11)8-12-5-6-12/h10-14,17H,3-9,15H2,1-2H3. The highest BCUT2D eigenvalue weighted by atomic mass is 16.3. The third kappa shape index (κ3) is 3.94. The Hall–Kier alpha value is -0.120. The Labute approximate surface area is 105 Å². The van der Waals surface area contributed by atoms with Crippen LogP contribution in [0.15, 0.2) is 0 Å². The minimum absolute atomic E-state index is 0.0949. The van der Waals surface area contributed by atoms with E-state index in [2.05, 4.69) is 18.7 Å². The molecule has 2 aliphatic carbocycles. The number of aliphatic hydroxyl groups excluding tert-OH is 1. The van der Waals surface area contributed by atoms with Gasteiger partial charge in [-0.15, -0.1) is 0 Å². The van der Waals surface area contributed by atoms with Gasteiger partial charge in [0.25, 0.3) is 0 Å². The minimum Gasteiger partial charge on any atom is -0.395 e. The van der Waals surface area contributed by atoms with Crippen LogP contribution in [-0.4, -0.2) is 41.8 Å². The molecule has 2 saturated carbocycles. The first-order valence-corrected chi connectivity index (χ1v) is 7.22. The number of hydrogen-bond donors (Lipinski definition) is 2. The molecule has 2 aliphatic rings. The number of nitrogens with zero attached hydrogens (tertiary/aromatic N) is 1. The van der Waals surface area contributed by atoms with Gasteiger partial charge < -0.3 is 10.8 Å². The molecule has 3 nitrogen and oxygen atoms in total. The van der Waals surface area contributed by atoms with Gasteiger partial charge in [-0.25, -0.2) is 0 Å². The van der Waals surface area contributed by atoms with Crippen LogP contribution in [0.1, 0.15) is 39.5 Å². The fraction of sp³-hybridized carbons (Fsp3) is 1.00. The van der Waals surface area contributed by atoms with Gasteiger partial charge in [-0.05, 0) is 43.4 Å². The molecule has 0 heterocycles. The summed E-state index contributed by atoms with van der Waals surface area (Å²) in [7, 11) is 0. The highest BCUT2D eigenvalue weighted by Gasteiger charge is 2.35. The van der Waals surface area contributed by atoms with Gasteiger partial charge in [-0.2, -0.15) is 0 Å². The molecule has 0 spiro atoms. The summed E-state index contributed by atoms with van der Waals surface area (Å²) in [5, 5.41) is 9.66.